The highest BCUT2D eigenvalue weighted by Gasteiger charge is 2.25. The number of amides is 1. The van der Waals surface area contributed by atoms with E-state index >= 15 is 0 Å². The van der Waals surface area contributed by atoms with Crippen molar-refractivity contribution in [2.75, 3.05) is 31.6 Å². The minimum Gasteiger partial charge on any atom is -0.455 e. The molecule has 3 heterocycles. The molecule has 264 valence electrons. The fourth-order valence-corrected chi connectivity index (χ4v) is 5.03. The Balaban J connectivity index is 0.000000381. The van der Waals surface area contributed by atoms with Crippen molar-refractivity contribution in [2.45, 2.75) is 73.0 Å². The summed E-state index contributed by atoms with van der Waals surface area (Å²) in [6.45, 7) is 15.2. The van der Waals surface area contributed by atoms with Crippen LogP contribution in [0.3, 0.4) is 0 Å². The first-order valence-corrected chi connectivity index (χ1v) is 16.6. The fourth-order valence-electron chi connectivity index (χ4n) is 5.03. The molecule has 0 radical (unpaired) electrons. The van der Waals surface area contributed by atoms with E-state index in [1.54, 1.807) is 40.3 Å². The van der Waals surface area contributed by atoms with E-state index in [4.69, 9.17) is 14.2 Å². The lowest BCUT2D eigenvalue weighted by molar-refractivity contribution is -0.120. The molecule has 0 spiro atoms. The number of hydrogen-bond donors (Lipinski definition) is 1. The van der Waals surface area contributed by atoms with E-state index in [9.17, 15) is 19.6 Å². The number of fused-ring (bicyclic) bond motifs is 1. The lowest BCUT2D eigenvalue weighted by atomic mass is 9.94. The zero-order valence-electron chi connectivity index (χ0n) is 30.2. The number of aryl methyl sites for hydroxylation is 1. The molecule has 1 aliphatic rings. The van der Waals surface area contributed by atoms with Crippen molar-refractivity contribution in [3.8, 4) is 23.2 Å². The molecule has 1 unspecified atom stereocenters. The van der Waals surface area contributed by atoms with Crippen LogP contribution < -0.4 is 15.0 Å². The number of pyridine rings is 2. The van der Waals surface area contributed by atoms with Gasteiger partial charge in [-0.1, -0.05) is 0 Å². The van der Waals surface area contributed by atoms with E-state index in [2.05, 4.69) is 52.2 Å². The van der Waals surface area contributed by atoms with Crippen LogP contribution in [-0.2, 0) is 19.1 Å². The maximum Gasteiger partial charge on any atom is 0.408 e. The van der Waals surface area contributed by atoms with Crippen molar-refractivity contribution in [1.29, 1.82) is 5.26 Å². The van der Waals surface area contributed by atoms with Gasteiger partial charge in [-0.2, -0.15) is 5.26 Å². The number of allylic oxidation sites excluding steroid dienone is 2. The zero-order chi connectivity index (χ0) is 36.8. The molecule has 2 aromatic heterocycles. The lowest BCUT2D eigenvalue weighted by Gasteiger charge is -2.27. The molecule has 1 N–H and O–H groups in total. The van der Waals surface area contributed by atoms with Crippen LogP contribution in [-0.4, -0.2) is 66.6 Å². The van der Waals surface area contributed by atoms with Gasteiger partial charge in [0.1, 0.15) is 35.0 Å². The largest absolute Gasteiger partial charge is 0.455 e. The number of nitriles is 1. The minimum atomic E-state index is -0.623. The predicted molar refractivity (Wildman–Crippen MR) is 194 cm³/mol. The van der Waals surface area contributed by atoms with Gasteiger partial charge in [-0.15, -0.1) is 0 Å². The van der Waals surface area contributed by atoms with Crippen LogP contribution in [0.4, 0.5) is 10.5 Å². The third-order valence-corrected chi connectivity index (χ3v) is 7.66. The molecule has 0 saturated carbocycles. The Hall–Kier alpha value is -5.34. The van der Waals surface area contributed by atoms with Crippen LogP contribution in [0, 0.1) is 18.3 Å². The number of carbonyl (C=O) groups is 3. The maximum absolute atomic E-state index is 11.1. The topological polar surface area (TPSA) is 144 Å². The molecule has 1 aromatic carbocycles. The summed E-state index contributed by atoms with van der Waals surface area (Å²) < 4.78 is 17.0. The average molecular weight is 682 g/mol. The Bertz CT molecular complexity index is 1760. The number of rotatable bonds is 12. The number of nitrogens with zero attached hydrogens (tertiary/aromatic N) is 4. The van der Waals surface area contributed by atoms with Gasteiger partial charge in [0.2, 0.25) is 0 Å². The number of aldehydes is 1. The quantitative estimate of drug-likeness (QED) is 0.155. The predicted octanol–water partition coefficient (Wildman–Crippen LogP) is 7.10. The van der Waals surface area contributed by atoms with Gasteiger partial charge in [-0.25, -0.2) is 4.79 Å². The lowest BCUT2D eigenvalue weighted by Crippen LogP contribution is -2.35. The van der Waals surface area contributed by atoms with Crippen molar-refractivity contribution in [3.63, 3.8) is 0 Å². The van der Waals surface area contributed by atoms with Gasteiger partial charge in [0, 0.05) is 62.8 Å². The number of ketones is 1. The number of benzene rings is 1. The number of hydrogen-bond acceptors (Lipinski definition) is 10. The number of Topliss-reactive ketones (excluding diaryl/α,β-unsaturated/α-hetero) is 1. The molecular weight excluding hydrogens is 634 g/mol. The van der Waals surface area contributed by atoms with Crippen molar-refractivity contribution in [1.82, 2.24) is 15.3 Å². The normalized spacial score (nSPS) is 13.5. The molecule has 50 heavy (non-hydrogen) atoms. The molecule has 0 fully saturated rings. The summed E-state index contributed by atoms with van der Waals surface area (Å²) in [6, 6.07) is 16.2. The van der Waals surface area contributed by atoms with Gasteiger partial charge in [-0.05, 0) is 108 Å². The Labute approximate surface area is 295 Å². The van der Waals surface area contributed by atoms with Gasteiger partial charge in [0.05, 0.1) is 24.0 Å². The summed E-state index contributed by atoms with van der Waals surface area (Å²) in [6.07, 6.45) is 5.60. The first kappa shape index (κ1) is 39.1. The molecule has 4 rings (SSSR count). The minimum absolute atomic E-state index is 0.0945. The molecule has 0 saturated heterocycles. The highest BCUT2D eigenvalue weighted by molar-refractivity contribution is 5.87. The van der Waals surface area contributed by atoms with E-state index in [0.717, 1.165) is 46.7 Å². The van der Waals surface area contributed by atoms with Crippen LogP contribution >= 0.6 is 0 Å². The SMILES string of the molecule is CC(C)(C)OC(=O)NCC(=O)CCC=O.CCN(CC)c1ccc2c(c1)O/C(=C(/C#N)c1ccnc(-c3cc(C)ccn3)c1)C=C2C(C)OC. The number of anilines is 1. The zero-order valence-corrected chi connectivity index (χ0v) is 30.2. The Kier molecular flexibility index (Phi) is 14.4. The number of nitrogens with one attached hydrogen (secondary N) is 1. The van der Waals surface area contributed by atoms with Crippen molar-refractivity contribution in [2.24, 2.45) is 0 Å². The smallest absolute Gasteiger partial charge is 0.408 e. The third kappa shape index (κ3) is 11.1. The Morgan fingerprint density at radius 1 is 1.06 bits per heavy atom. The number of carbonyl (C=O) groups excluding carboxylic acids is 3. The van der Waals surface area contributed by atoms with Crippen molar-refractivity contribution >= 4 is 35.0 Å². The van der Waals surface area contributed by atoms with Crippen LogP contribution in [0.25, 0.3) is 22.5 Å². The van der Waals surface area contributed by atoms with Gasteiger partial charge >= 0.3 is 6.09 Å². The molecule has 11 nitrogen and oxygen atoms in total. The molecule has 0 bridgehead atoms. The van der Waals surface area contributed by atoms with Gasteiger partial charge in [-0.3, -0.25) is 14.8 Å². The Morgan fingerprint density at radius 3 is 2.34 bits per heavy atom. The highest BCUT2D eigenvalue weighted by Crippen LogP contribution is 2.40. The summed E-state index contributed by atoms with van der Waals surface area (Å²) in [4.78, 5) is 43.3. The highest BCUT2D eigenvalue weighted by atomic mass is 16.6. The van der Waals surface area contributed by atoms with E-state index < -0.39 is 11.7 Å². The van der Waals surface area contributed by atoms with E-state index in [1.807, 2.05) is 50.3 Å². The number of aromatic nitrogens is 2. The van der Waals surface area contributed by atoms with E-state index in [-0.39, 0.29) is 31.3 Å². The van der Waals surface area contributed by atoms with Crippen molar-refractivity contribution in [3.05, 3.63) is 83.4 Å². The molecule has 3 aromatic rings. The van der Waals surface area contributed by atoms with Gasteiger partial charge in [0.25, 0.3) is 0 Å². The molecule has 11 heteroatoms. The van der Waals surface area contributed by atoms with Gasteiger partial charge in [0.15, 0.2) is 5.78 Å². The second-order valence-corrected chi connectivity index (χ2v) is 12.5. The average Bonchev–Trinajstić information content (AvgIpc) is 3.09. The standard InChI is InChI=1S/C29H30N4O2.C10H17NO4/c1-6-33(7-2)22-8-9-23-24(20(4)34-5)17-29(35-28(23)16-22)25(18-30)21-11-13-32-27(15-21)26-14-19(3)10-12-31-26;1-10(2,3)15-9(14)11-7-8(13)5-4-6-12/h8-17,20H,6-7H2,1-5H3;6H,4-5,7H2,1-3H3,(H,11,14)/b29-25-;. The summed E-state index contributed by atoms with van der Waals surface area (Å²) in [7, 11) is 1.68. The van der Waals surface area contributed by atoms with Crippen LogP contribution in [0.5, 0.6) is 5.75 Å². The molecular formula is C39H47N5O6. The first-order chi connectivity index (χ1) is 23.8. The van der Waals surface area contributed by atoms with Gasteiger partial charge < -0.3 is 29.2 Å². The third-order valence-electron chi connectivity index (χ3n) is 7.66. The van der Waals surface area contributed by atoms with E-state index in [0.29, 0.717) is 29.1 Å². The summed E-state index contributed by atoms with van der Waals surface area (Å²) >= 11 is 0. The van der Waals surface area contributed by atoms with Crippen molar-refractivity contribution < 1.29 is 28.6 Å². The first-order valence-electron chi connectivity index (χ1n) is 16.6. The molecule has 1 amide bonds. The van der Waals surface area contributed by atoms with Crippen LogP contribution in [0.15, 0.2) is 66.7 Å². The summed E-state index contributed by atoms with van der Waals surface area (Å²) in [5, 5.41) is 12.5. The summed E-state index contributed by atoms with van der Waals surface area (Å²) in [5.41, 5.74) is 6.16. The number of alkyl carbamates (subject to hydrolysis) is 1. The van der Waals surface area contributed by atoms with Crippen LogP contribution in [0.1, 0.15) is 71.1 Å². The fraction of sp³-hybridized carbons (Fsp3) is 0.385. The number of methoxy groups -OCH3 is 1. The van der Waals surface area contributed by atoms with E-state index in [1.165, 1.54) is 0 Å². The molecule has 1 aliphatic heterocycles. The number of ether oxygens (including phenoxy) is 3. The molecule has 1 atom stereocenters. The summed E-state index contributed by atoms with van der Waals surface area (Å²) in [5.74, 6) is 1.02. The maximum atomic E-state index is 11.1. The Morgan fingerprint density at radius 2 is 1.74 bits per heavy atom. The second kappa shape index (κ2) is 18.4. The second-order valence-electron chi connectivity index (χ2n) is 12.5. The molecule has 0 aliphatic carbocycles. The van der Waals surface area contributed by atoms with Crippen LogP contribution in [0.2, 0.25) is 0 Å². The monoisotopic (exact) mass is 681 g/mol.